The van der Waals surface area contributed by atoms with Gasteiger partial charge in [-0.25, -0.2) is 4.79 Å². The van der Waals surface area contributed by atoms with Gasteiger partial charge >= 0.3 is 6.03 Å². The minimum absolute atomic E-state index is 0.150. The third-order valence-corrected chi connectivity index (χ3v) is 3.19. The molecule has 2 rings (SSSR count). The molecule has 6 amide bonds. The highest BCUT2D eigenvalue weighted by atomic mass is 16.2. The van der Waals surface area contributed by atoms with Crippen LogP contribution in [0.5, 0.6) is 0 Å². The molecule has 0 aliphatic carbocycles. The summed E-state index contributed by atoms with van der Waals surface area (Å²) in [4.78, 5) is 59.7. The van der Waals surface area contributed by atoms with E-state index in [9.17, 15) is 24.0 Å². The number of carbonyl (C=O) groups excluding carboxylic acids is 5. The van der Waals surface area contributed by atoms with E-state index in [1.807, 2.05) is 0 Å². The number of hydrogen-bond acceptors (Lipinski definition) is 5. The van der Waals surface area contributed by atoms with Crippen LogP contribution in [0.25, 0.3) is 0 Å². The predicted molar refractivity (Wildman–Crippen MR) is 64.1 cm³/mol. The van der Waals surface area contributed by atoms with Gasteiger partial charge in [-0.15, -0.1) is 0 Å². The molecule has 0 bridgehead atoms. The number of rotatable bonds is 3. The molecule has 1 atom stereocenters. The van der Waals surface area contributed by atoms with Crippen molar-refractivity contribution in [2.45, 2.75) is 19.4 Å². The molecule has 9 nitrogen and oxygen atoms in total. The Morgan fingerprint density at radius 2 is 2.00 bits per heavy atom. The smallest absolute Gasteiger partial charge is 0.325 e. The lowest BCUT2D eigenvalue weighted by Gasteiger charge is -2.34. The molecule has 0 saturated carbocycles. The van der Waals surface area contributed by atoms with Crippen LogP contribution >= 0.6 is 0 Å². The Labute approximate surface area is 114 Å². The van der Waals surface area contributed by atoms with Crippen molar-refractivity contribution in [3.05, 3.63) is 0 Å². The lowest BCUT2D eigenvalue weighted by Crippen LogP contribution is -2.61. The third-order valence-electron chi connectivity index (χ3n) is 3.19. The Hall–Kier alpha value is -2.45. The van der Waals surface area contributed by atoms with Crippen LogP contribution in [0, 0.1) is 0 Å². The van der Waals surface area contributed by atoms with E-state index in [-0.39, 0.29) is 13.1 Å². The van der Waals surface area contributed by atoms with Crippen LogP contribution in [0.15, 0.2) is 0 Å². The highest BCUT2D eigenvalue weighted by molar-refractivity contribution is 6.07. The average molecular weight is 282 g/mol. The molecule has 20 heavy (non-hydrogen) atoms. The number of carbonyl (C=O) groups is 5. The molecule has 108 valence electrons. The van der Waals surface area contributed by atoms with Crippen molar-refractivity contribution in [1.29, 1.82) is 0 Å². The quantitative estimate of drug-likeness (QED) is 0.450. The summed E-state index contributed by atoms with van der Waals surface area (Å²) >= 11 is 0. The molecule has 2 fully saturated rings. The van der Waals surface area contributed by atoms with Gasteiger partial charge in [0.15, 0.2) is 0 Å². The summed E-state index contributed by atoms with van der Waals surface area (Å²) < 4.78 is 0. The van der Waals surface area contributed by atoms with Gasteiger partial charge in [0.2, 0.25) is 17.7 Å². The van der Waals surface area contributed by atoms with Gasteiger partial charge < -0.3 is 10.2 Å². The number of imide groups is 2. The minimum atomic E-state index is -0.763. The molecule has 0 aromatic heterocycles. The van der Waals surface area contributed by atoms with E-state index in [1.54, 1.807) is 6.92 Å². The Kier molecular flexibility index (Phi) is 3.68. The first kappa shape index (κ1) is 14.0. The number of amides is 6. The van der Waals surface area contributed by atoms with E-state index in [0.29, 0.717) is 6.42 Å². The number of nitrogens with one attached hydrogen (secondary N) is 2. The largest absolute Gasteiger partial charge is 0.329 e. The van der Waals surface area contributed by atoms with Crippen molar-refractivity contribution in [2.24, 2.45) is 0 Å². The number of nitrogens with zero attached hydrogens (tertiary/aromatic N) is 2. The van der Waals surface area contributed by atoms with Gasteiger partial charge in [0.1, 0.15) is 19.1 Å². The fourth-order valence-corrected chi connectivity index (χ4v) is 2.18. The van der Waals surface area contributed by atoms with Crippen molar-refractivity contribution < 1.29 is 24.0 Å². The van der Waals surface area contributed by atoms with Crippen LogP contribution in [-0.2, 0) is 19.2 Å². The maximum absolute atomic E-state index is 12.1. The first-order valence-electron chi connectivity index (χ1n) is 6.15. The van der Waals surface area contributed by atoms with E-state index < -0.39 is 42.2 Å². The fraction of sp³-hybridized carbons (Fsp3) is 0.545. The summed E-state index contributed by atoms with van der Waals surface area (Å²) in [6.45, 7) is 0.825. The van der Waals surface area contributed by atoms with Gasteiger partial charge in [0, 0.05) is 0 Å². The van der Waals surface area contributed by atoms with Crippen molar-refractivity contribution in [3.63, 3.8) is 0 Å². The van der Waals surface area contributed by atoms with Crippen molar-refractivity contribution >= 4 is 29.7 Å². The second-order valence-corrected chi connectivity index (χ2v) is 4.50. The zero-order valence-corrected chi connectivity index (χ0v) is 10.8. The molecule has 2 saturated heterocycles. The minimum Gasteiger partial charge on any atom is -0.329 e. The van der Waals surface area contributed by atoms with Crippen LogP contribution in [0.3, 0.4) is 0 Å². The zero-order valence-electron chi connectivity index (χ0n) is 10.8. The second-order valence-electron chi connectivity index (χ2n) is 4.50. The van der Waals surface area contributed by atoms with E-state index >= 15 is 0 Å². The molecule has 2 heterocycles. The second kappa shape index (κ2) is 5.27. The molecule has 0 spiro atoms. The molecule has 0 aromatic carbocycles. The summed E-state index contributed by atoms with van der Waals surface area (Å²) in [6, 6.07) is -1.41. The Balaban J connectivity index is 2.10. The van der Waals surface area contributed by atoms with Crippen LogP contribution < -0.4 is 10.6 Å². The molecular weight excluding hydrogens is 268 g/mol. The first-order valence-corrected chi connectivity index (χ1v) is 6.15. The number of piperazine rings is 1. The van der Waals surface area contributed by atoms with Gasteiger partial charge in [-0.2, -0.15) is 0 Å². The van der Waals surface area contributed by atoms with Crippen LogP contribution in [0.1, 0.15) is 13.3 Å². The normalized spacial score (nSPS) is 22.9. The summed E-state index contributed by atoms with van der Waals surface area (Å²) in [7, 11) is 0. The Morgan fingerprint density at radius 3 is 2.55 bits per heavy atom. The summed E-state index contributed by atoms with van der Waals surface area (Å²) in [6.07, 6.45) is 0.338. The van der Waals surface area contributed by atoms with E-state index in [4.69, 9.17) is 0 Å². The zero-order chi connectivity index (χ0) is 14.9. The molecule has 1 unspecified atom stereocenters. The molecule has 2 aliphatic heterocycles. The van der Waals surface area contributed by atoms with Gasteiger partial charge in [0.05, 0.1) is 6.54 Å². The van der Waals surface area contributed by atoms with Crippen molar-refractivity contribution in [1.82, 2.24) is 20.4 Å². The lowest BCUT2D eigenvalue weighted by molar-refractivity contribution is -0.150. The molecular formula is C11H14N4O5. The summed E-state index contributed by atoms with van der Waals surface area (Å²) in [5, 5.41) is 4.44. The highest BCUT2D eigenvalue weighted by Gasteiger charge is 2.38. The van der Waals surface area contributed by atoms with E-state index in [1.165, 1.54) is 0 Å². The van der Waals surface area contributed by atoms with Gasteiger partial charge in [0.25, 0.3) is 5.91 Å². The maximum Gasteiger partial charge on any atom is 0.325 e. The van der Waals surface area contributed by atoms with Crippen LogP contribution in [-0.4, -0.2) is 65.1 Å². The predicted octanol–water partition coefficient (Wildman–Crippen LogP) is -2.20. The van der Waals surface area contributed by atoms with Crippen molar-refractivity contribution in [2.75, 3.05) is 19.6 Å². The van der Waals surface area contributed by atoms with E-state index in [2.05, 4.69) is 10.6 Å². The number of urea groups is 1. The Bertz CT molecular complexity index is 487. The average Bonchev–Trinajstić information content (AvgIpc) is 2.69. The standard InChI is InChI=1S/C11H14N4O5/c1-2-6-10(19)13-7(16)4-14(6)9(18)5-15-8(17)3-12-11(15)20/h6H,2-5H2,1H3,(H,12,20)(H,13,16,19). The summed E-state index contributed by atoms with van der Waals surface area (Å²) in [5.41, 5.74) is 0. The van der Waals surface area contributed by atoms with Crippen LogP contribution in [0.2, 0.25) is 0 Å². The molecule has 0 radical (unpaired) electrons. The fourth-order valence-electron chi connectivity index (χ4n) is 2.18. The van der Waals surface area contributed by atoms with Crippen LogP contribution in [0.4, 0.5) is 4.79 Å². The van der Waals surface area contributed by atoms with Gasteiger partial charge in [-0.05, 0) is 6.42 Å². The highest BCUT2D eigenvalue weighted by Crippen LogP contribution is 2.11. The maximum atomic E-state index is 12.1. The topological polar surface area (TPSA) is 116 Å². The van der Waals surface area contributed by atoms with E-state index in [0.717, 1.165) is 9.80 Å². The van der Waals surface area contributed by atoms with Crippen molar-refractivity contribution in [3.8, 4) is 0 Å². The SMILES string of the molecule is CCC1C(=O)NC(=O)CN1C(=O)CN1C(=O)CNC1=O. The first-order chi connectivity index (χ1) is 9.43. The molecule has 0 aromatic rings. The van der Waals surface area contributed by atoms with Gasteiger partial charge in [-0.3, -0.25) is 29.4 Å². The molecule has 9 heteroatoms. The lowest BCUT2D eigenvalue weighted by atomic mass is 10.1. The monoisotopic (exact) mass is 282 g/mol. The third kappa shape index (κ3) is 2.46. The molecule has 2 aliphatic rings. The van der Waals surface area contributed by atoms with Gasteiger partial charge in [-0.1, -0.05) is 6.92 Å². The Morgan fingerprint density at radius 1 is 1.30 bits per heavy atom. The molecule has 2 N–H and O–H groups in total. The summed E-state index contributed by atoms with van der Waals surface area (Å²) in [5.74, 6) is -2.24. The number of hydrogen-bond donors (Lipinski definition) is 2.